The summed E-state index contributed by atoms with van der Waals surface area (Å²) in [6.07, 6.45) is 0.950. The van der Waals surface area contributed by atoms with Crippen molar-refractivity contribution >= 4 is 51.3 Å². The van der Waals surface area contributed by atoms with E-state index < -0.39 is 10.0 Å². The molecule has 1 heterocycles. The predicted octanol–water partition coefficient (Wildman–Crippen LogP) is 2.31. The molecule has 0 aliphatic heterocycles. The zero-order valence-corrected chi connectivity index (χ0v) is 17.9. The zero-order valence-electron chi connectivity index (χ0n) is 13.9. The second-order valence-corrected chi connectivity index (χ2v) is 7.73. The van der Waals surface area contributed by atoms with Gasteiger partial charge in [-0.15, -0.1) is 35.3 Å². The molecule has 0 radical (unpaired) electrons. The van der Waals surface area contributed by atoms with Crippen LogP contribution in [0.5, 0.6) is 0 Å². The van der Waals surface area contributed by atoms with Crippen LogP contribution >= 0.6 is 35.3 Å². The Morgan fingerprint density at radius 1 is 1.20 bits per heavy atom. The fraction of sp³-hybridized carbons (Fsp3) is 0.312. The lowest BCUT2D eigenvalue weighted by Crippen LogP contribution is -2.38. The van der Waals surface area contributed by atoms with Gasteiger partial charge in [-0.3, -0.25) is 0 Å². The van der Waals surface area contributed by atoms with Gasteiger partial charge in [-0.05, 0) is 42.5 Å². The van der Waals surface area contributed by atoms with Gasteiger partial charge in [0.2, 0.25) is 10.0 Å². The summed E-state index contributed by atoms with van der Waals surface area (Å²) in [6.45, 7) is 4.04. The number of hydrogen-bond acceptors (Lipinski definition) is 4. The third-order valence-electron chi connectivity index (χ3n) is 3.26. The Morgan fingerprint density at radius 3 is 2.48 bits per heavy atom. The SMILES string of the molecule is CCNC(=NCc1ccc(S(N)(=O)=O)cc1)NCCc1cccs1.I. The number of thiophene rings is 1. The normalized spacial score (nSPS) is 11.7. The van der Waals surface area contributed by atoms with E-state index in [-0.39, 0.29) is 28.9 Å². The molecule has 1 aromatic carbocycles. The highest BCUT2D eigenvalue weighted by Gasteiger charge is 2.06. The number of aliphatic imine (C=N–C) groups is 1. The highest BCUT2D eigenvalue weighted by molar-refractivity contribution is 14.0. The maximum Gasteiger partial charge on any atom is 0.238 e. The molecule has 6 nitrogen and oxygen atoms in total. The lowest BCUT2D eigenvalue weighted by molar-refractivity contribution is 0.598. The standard InChI is InChI=1S/C16H22N4O2S2.HI/c1-2-18-16(19-10-9-14-4-3-11-23-14)20-12-13-5-7-15(8-6-13)24(17,21)22;/h3-8,11H,2,9-10,12H2,1H3,(H2,17,21,22)(H2,18,19,20);1H. The maximum atomic E-state index is 11.2. The second-order valence-electron chi connectivity index (χ2n) is 5.14. The summed E-state index contributed by atoms with van der Waals surface area (Å²) in [5.41, 5.74) is 0.915. The first-order chi connectivity index (χ1) is 11.5. The van der Waals surface area contributed by atoms with Crippen molar-refractivity contribution < 1.29 is 8.42 Å². The number of nitrogens with zero attached hydrogens (tertiary/aromatic N) is 1. The van der Waals surface area contributed by atoms with Gasteiger partial charge in [0.1, 0.15) is 0 Å². The number of benzene rings is 1. The van der Waals surface area contributed by atoms with E-state index in [9.17, 15) is 8.42 Å². The van der Waals surface area contributed by atoms with Crippen LogP contribution in [0.1, 0.15) is 17.4 Å². The van der Waals surface area contributed by atoms with Gasteiger partial charge in [0.15, 0.2) is 5.96 Å². The first kappa shape index (κ1) is 21.9. The summed E-state index contributed by atoms with van der Waals surface area (Å²) < 4.78 is 22.5. The van der Waals surface area contributed by atoms with Crippen LogP contribution in [0.25, 0.3) is 0 Å². The van der Waals surface area contributed by atoms with E-state index in [0.717, 1.165) is 31.0 Å². The topological polar surface area (TPSA) is 96.6 Å². The van der Waals surface area contributed by atoms with Crippen molar-refractivity contribution in [3.05, 3.63) is 52.2 Å². The minimum Gasteiger partial charge on any atom is -0.357 e. The van der Waals surface area contributed by atoms with Crippen LogP contribution in [0.2, 0.25) is 0 Å². The number of nitrogens with one attached hydrogen (secondary N) is 2. The van der Waals surface area contributed by atoms with Gasteiger partial charge in [-0.2, -0.15) is 0 Å². The number of guanidine groups is 1. The van der Waals surface area contributed by atoms with Crippen molar-refractivity contribution in [3.8, 4) is 0 Å². The average molecular weight is 494 g/mol. The molecular formula is C16H23IN4O2S2. The van der Waals surface area contributed by atoms with Crippen molar-refractivity contribution in [1.82, 2.24) is 10.6 Å². The summed E-state index contributed by atoms with van der Waals surface area (Å²) in [5, 5.41) is 13.6. The molecule has 1 aromatic heterocycles. The monoisotopic (exact) mass is 494 g/mol. The van der Waals surface area contributed by atoms with Crippen molar-refractivity contribution in [3.63, 3.8) is 0 Å². The molecule has 4 N–H and O–H groups in total. The first-order valence-electron chi connectivity index (χ1n) is 7.65. The minimum atomic E-state index is -3.65. The molecule has 0 aliphatic rings. The van der Waals surface area contributed by atoms with Crippen LogP contribution in [0.15, 0.2) is 51.7 Å². The Morgan fingerprint density at radius 2 is 1.92 bits per heavy atom. The van der Waals surface area contributed by atoms with Crippen molar-refractivity contribution in [1.29, 1.82) is 0 Å². The summed E-state index contributed by atoms with van der Waals surface area (Å²) >= 11 is 1.74. The maximum absolute atomic E-state index is 11.2. The Bertz CT molecular complexity index is 760. The average Bonchev–Trinajstić information content (AvgIpc) is 3.05. The molecular weight excluding hydrogens is 471 g/mol. The van der Waals surface area contributed by atoms with E-state index in [0.29, 0.717) is 6.54 Å². The molecule has 0 amide bonds. The summed E-state index contributed by atoms with van der Waals surface area (Å²) in [4.78, 5) is 5.95. The Hall–Kier alpha value is -1.17. The second kappa shape index (κ2) is 10.7. The third kappa shape index (κ3) is 7.72. The fourth-order valence-electron chi connectivity index (χ4n) is 2.06. The number of hydrogen-bond donors (Lipinski definition) is 3. The first-order valence-corrected chi connectivity index (χ1v) is 10.1. The smallest absolute Gasteiger partial charge is 0.238 e. The van der Waals surface area contributed by atoms with Crippen molar-refractivity contribution in [2.75, 3.05) is 13.1 Å². The van der Waals surface area contributed by atoms with Gasteiger partial charge in [0.25, 0.3) is 0 Å². The lowest BCUT2D eigenvalue weighted by atomic mass is 10.2. The molecule has 9 heteroatoms. The Kier molecular flexibility index (Phi) is 9.39. The molecule has 2 aromatic rings. The lowest BCUT2D eigenvalue weighted by Gasteiger charge is -2.11. The van der Waals surface area contributed by atoms with Gasteiger partial charge in [-0.25, -0.2) is 18.5 Å². The van der Waals surface area contributed by atoms with E-state index in [1.54, 1.807) is 23.5 Å². The van der Waals surface area contributed by atoms with Crippen molar-refractivity contribution in [2.24, 2.45) is 10.1 Å². The summed E-state index contributed by atoms with van der Waals surface area (Å²) in [5.74, 6) is 0.740. The molecule has 0 unspecified atom stereocenters. The number of rotatable bonds is 7. The highest BCUT2D eigenvalue weighted by Crippen LogP contribution is 2.10. The Labute approximate surface area is 170 Å². The molecule has 0 aliphatic carbocycles. The van der Waals surface area contributed by atoms with Gasteiger partial charge in [0.05, 0.1) is 11.4 Å². The molecule has 0 saturated heterocycles. The quantitative estimate of drug-likeness (QED) is 0.313. The predicted molar refractivity (Wildman–Crippen MR) is 114 cm³/mol. The number of nitrogens with two attached hydrogens (primary N) is 1. The Balaban J connectivity index is 0.00000312. The number of sulfonamides is 1. The van der Waals surface area contributed by atoms with Crippen LogP contribution in [-0.2, 0) is 23.0 Å². The minimum absolute atomic E-state index is 0. The number of primary sulfonamides is 1. The number of halogens is 1. The molecule has 0 fully saturated rings. The van der Waals surface area contributed by atoms with E-state index in [1.807, 2.05) is 13.0 Å². The summed E-state index contributed by atoms with van der Waals surface area (Å²) in [7, 11) is -3.65. The van der Waals surface area contributed by atoms with E-state index >= 15 is 0 Å². The molecule has 0 bridgehead atoms. The molecule has 0 atom stereocenters. The van der Waals surface area contributed by atoms with E-state index in [1.165, 1.54) is 17.0 Å². The summed E-state index contributed by atoms with van der Waals surface area (Å²) in [6, 6.07) is 10.6. The van der Waals surface area contributed by atoms with Gasteiger partial charge in [0, 0.05) is 18.0 Å². The highest BCUT2D eigenvalue weighted by atomic mass is 127. The van der Waals surface area contributed by atoms with Crippen LogP contribution in [-0.4, -0.2) is 27.5 Å². The van der Waals surface area contributed by atoms with Gasteiger partial charge in [-0.1, -0.05) is 18.2 Å². The van der Waals surface area contributed by atoms with E-state index in [4.69, 9.17) is 5.14 Å². The van der Waals surface area contributed by atoms with Crippen LogP contribution in [0, 0.1) is 0 Å². The molecule has 138 valence electrons. The van der Waals surface area contributed by atoms with Crippen molar-refractivity contribution in [2.45, 2.75) is 24.8 Å². The fourth-order valence-corrected chi connectivity index (χ4v) is 3.28. The molecule has 25 heavy (non-hydrogen) atoms. The van der Waals surface area contributed by atoms with Crippen LogP contribution < -0.4 is 15.8 Å². The van der Waals surface area contributed by atoms with Gasteiger partial charge < -0.3 is 10.6 Å². The molecule has 2 rings (SSSR count). The zero-order chi connectivity index (χ0) is 17.4. The van der Waals surface area contributed by atoms with E-state index in [2.05, 4.69) is 27.1 Å². The van der Waals surface area contributed by atoms with Crippen LogP contribution in [0.3, 0.4) is 0 Å². The molecule has 0 spiro atoms. The van der Waals surface area contributed by atoms with Gasteiger partial charge >= 0.3 is 0 Å². The largest absolute Gasteiger partial charge is 0.357 e. The molecule has 0 saturated carbocycles. The third-order valence-corrected chi connectivity index (χ3v) is 5.13. The van der Waals surface area contributed by atoms with Crippen LogP contribution in [0.4, 0.5) is 0 Å².